The fourth-order valence-electron chi connectivity index (χ4n) is 2.98. The number of carbonyl (C=O) groups excluding carboxylic acids is 1. The van der Waals surface area contributed by atoms with Crippen LogP contribution in [0.3, 0.4) is 0 Å². The van der Waals surface area contributed by atoms with Gasteiger partial charge in [-0.25, -0.2) is 4.39 Å². The molecule has 1 aromatic heterocycles. The number of ether oxygens (including phenoxy) is 2. The van der Waals surface area contributed by atoms with Crippen LogP contribution in [0.25, 0.3) is 0 Å². The fraction of sp³-hybridized carbons (Fsp3) is 0.182. The van der Waals surface area contributed by atoms with Gasteiger partial charge in [0.05, 0.1) is 0 Å². The first-order chi connectivity index (χ1) is 14.2. The number of aromatic nitrogens is 1. The molecule has 148 valence electrons. The molecule has 3 aromatic rings. The van der Waals surface area contributed by atoms with Gasteiger partial charge in [-0.05, 0) is 48.4 Å². The number of halogens is 1. The highest BCUT2D eigenvalue weighted by molar-refractivity contribution is 5.93. The zero-order chi connectivity index (χ0) is 20.1. The third kappa shape index (κ3) is 4.82. The fourth-order valence-corrected chi connectivity index (χ4v) is 2.98. The van der Waals surface area contributed by atoms with Crippen LogP contribution in [0.4, 0.5) is 15.8 Å². The van der Waals surface area contributed by atoms with Crippen molar-refractivity contribution < 1.29 is 18.7 Å². The second-order valence-corrected chi connectivity index (χ2v) is 6.55. The van der Waals surface area contributed by atoms with E-state index in [1.54, 1.807) is 30.5 Å². The smallest absolute Gasteiger partial charge is 0.269 e. The molecule has 0 atom stereocenters. The number of rotatable bonds is 6. The van der Waals surface area contributed by atoms with Crippen LogP contribution < -0.4 is 20.1 Å². The number of fused-ring (bicyclic) bond motifs is 1. The van der Waals surface area contributed by atoms with Gasteiger partial charge in [0.15, 0.2) is 11.5 Å². The van der Waals surface area contributed by atoms with Crippen molar-refractivity contribution in [3.05, 3.63) is 77.9 Å². The molecule has 29 heavy (non-hydrogen) atoms. The number of nitrogens with zero attached hydrogens (tertiary/aromatic N) is 1. The van der Waals surface area contributed by atoms with Crippen molar-refractivity contribution in [2.24, 2.45) is 0 Å². The summed E-state index contributed by atoms with van der Waals surface area (Å²) in [4.78, 5) is 16.5. The van der Waals surface area contributed by atoms with Gasteiger partial charge in [0.2, 0.25) is 0 Å². The number of anilines is 2. The van der Waals surface area contributed by atoms with E-state index >= 15 is 0 Å². The average molecular weight is 393 g/mol. The molecule has 0 saturated carbocycles. The molecule has 1 aliphatic rings. The summed E-state index contributed by atoms with van der Waals surface area (Å²) in [6.07, 6.45) is 2.19. The van der Waals surface area contributed by atoms with Crippen molar-refractivity contribution in [3.63, 3.8) is 0 Å². The molecule has 0 fully saturated rings. The maximum absolute atomic E-state index is 12.9. The Morgan fingerprint density at radius 3 is 2.55 bits per heavy atom. The van der Waals surface area contributed by atoms with Gasteiger partial charge in [-0.3, -0.25) is 9.78 Å². The van der Waals surface area contributed by atoms with Gasteiger partial charge >= 0.3 is 0 Å². The molecular weight excluding hydrogens is 373 g/mol. The SMILES string of the molecule is O=C(NCCc1ccc(F)cc1)c1cc(Nc2ccc3c(c2)OCCO3)ccn1. The molecule has 0 spiro atoms. The molecule has 2 heterocycles. The first-order valence-corrected chi connectivity index (χ1v) is 9.33. The summed E-state index contributed by atoms with van der Waals surface area (Å²) in [6.45, 7) is 1.50. The molecule has 0 saturated heterocycles. The molecular formula is C22H20FN3O3. The van der Waals surface area contributed by atoms with Gasteiger partial charge in [-0.15, -0.1) is 0 Å². The molecule has 0 aliphatic carbocycles. The lowest BCUT2D eigenvalue weighted by Crippen LogP contribution is -2.26. The number of carbonyl (C=O) groups is 1. The van der Waals surface area contributed by atoms with E-state index in [0.29, 0.717) is 37.6 Å². The van der Waals surface area contributed by atoms with Crippen molar-refractivity contribution in [2.75, 3.05) is 25.1 Å². The van der Waals surface area contributed by atoms with E-state index in [1.165, 1.54) is 12.1 Å². The number of hydrogen-bond acceptors (Lipinski definition) is 5. The van der Waals surface area contributed by atoms with Gasteiger partial charge in [-0.1, -0.05) is 12.1 Å². The van der Waals surface area contributed by atoms with E-state index < -0.39 is 0 Å². The van der Waals surface area contributed by atoms with E-state index in [4.69, 9.17) is 9.47 Å². The first-order valence-electron chi connectivity index (χ1n) is 9.33. The zero-order valence-corrected chi connectivity index (χ0v) is 15.7. The molecule has 0 unspecified atom stereocenters. The van der Waals surface area contributed by atoms with Crippen molar-refractivity contribution >= 4 is 17.3 Å². The molecule has 7 heteroatoms. The number of pyridine rings is 1. The predicted molar refractivity (Wildman–Crippen MR) is 107 cm³/mol. The lowest BCUT2D eigenvalue weighted by Gasteiger charge is -2.19. The minimum atomic E-state index is -0.274. The first kappa shape index (κ1) is 18.7. The van der Waals surface area contributed by atoms with Crippen LogP contribution in [0.15, 0.2) is 60.8 Å². The number of amides is 1. The summed E-state index contributed by atoms with van der Waals surface area (Å²) < 4.78 is 24.0. The Kier molecular flexibility index (Phi) is 5.56. The van der Waals surface area contributed by atoms with Crippen molar-refractivity contribution in [2.45, 2.75) is 6.42 Å². The van der Waals surface area contributed by atoms with Gasteiger partial charge in [0, 0.05) is 30.2 Å². The summed E-state index contributed by atoms with van der Waals surface area (Å²) >= 11 is 0. The molecule has 0 bridgehead atoms. The highest BCUT2D eigenvalue weighted by Gasteiger charge is 2.12. The summed E-state index contributed by atoms with van der Waals surface area (Å²) in [6, 6.07) is 15.3. The molecule has 4 rings (SSSR count). The maximum atomic E-state index is 12.9. The molecule has 1 amide bonds. The Morgan fingerprint density at radius 1 is 0.966 bits per heavy atom. The van der Waals surface area contributed by atoms with Crippen molar-refractivity contribution in [3.8, 4) is 11.5 Å². The molecule has 2 N–H and O–H groups in total. The summed E-state index contributed by atoms with van der Waals surface area (Å²) in [5, 5.41) is 6.08. The Labute approximate surface area is 167 Å². The molecule has 6 nitrogen and oxygen atoms in total. The zero-order valence-electron chi connectivity index (χ0n) is 15.7. The quantitative estimate of drug-likeness (QED) is 0.668. The van der Waals surface area contributed by atoms with Crippen LogP contribution >= 0.6 is 0 Å². The summed E-state index contributed by atoms with van der Waals surface area (Å²) in [5.41, 5.74) is 2.82. The Bertz CT molecular complexity index is 1010. The number of benzene rings is 2. The van der Waals surface area contributed by atoms with Gasteiger partial charge in [0.25, 0.3) is 5.91 Å². The second-order valence-electron chi connectivity index (χ2n) is 6.55. The minimum absolute atomic E-state index is 0.266. The Morgan fingerprint density at radius 2 is 1.72 bits per heavy atom. The Hall–Kier alpha value is -3.61. The van der Waals surface area contributed by atoms with Gasteiger partial charge < -0.3 is 20.1 Å². The third-order valence-electron chi connectivity index (χ3n) is 4.44. The maximum Gasteiger partial charge on any atom is 0.269 e. The van der Waals surface area contributed by atoms with E-state index in [9.17, 15) is 9.18 Å². The van der Waals surface area contributed by atoms with Crippen molar-refractivity contribution in [1.29, 1.82) is 0 Å². The summed E-state index contributed by atoms with van der Waals surface area (Å²) in [5.74, 6) is 0.870. The topological polar surface area (TPSA) is 72.5 Å². The Balaban J connectivity index is 1.36. The standard InChI is InChI=1S/C22H20FN3O3/c23-16-3-1-15(2-4-16)7-9-25-22(27)19-13-18(8-10-24-19)26-17-5-6-20-21(14-17)29-12-11-28-20/h1-6,8,10,13-14H,7,9,11-12H2,(H,24,26)(H,25,27). The van der Waals surface area contributed by atoms with E-state index in [2.05, 4.69) is 15.6 Å². The van der Waals surface area contributed by atoms with E-state index in [0.717, 1.165) is 22.7 Å². The molecule has 0 radical (unpaired) electrons. The number of hydrogen-bond donors (Lipinski definition) is 2. The lowest BCUT2D eigenvalue weighted by atomic mass is 10.1. The van der Waals surface area contributed by atoms with Crippen LogP contribution in [0.1, 0.15) is 16.1 Å². The van der Waals surface area contributed by atoms with Crippen LogP contribution in [0.2, 0.25) is 0 Å². The normalized spacial score (nSPS) is 12.3. The highest BCUT2D eigenvalue weighted by atomic mass is 19.1. The van der Waals surface area contributed by atoms with Crippen LogP contribution in [0, 0.1) is 5.82 Å². The lowest BCUT2D eigenvalue weighted by molar-refractivity contribution is 0.0949. The largest absolute Gasteiger partial charge is 0.486 e. The number of nitrogens with one attached hydrogen (secondary N) is 2. The van der Waals surface area contributed by atoms with E-state index in [-0.39, 0.29) is 11.7 Å². The molecule has 1 aliphatic heterocycles. The second kappa shape index (κ2) is 8.60. The highest BCUT2D eigenvalue weighted by Crippen LogP contribution is 2.33. The minimum Gasteiger partial charge on any atom is -0.486 e. The van der Waals surface area contributed by atoms with Crippen LogP contribution in [0.5, 0.6) is 11.5 Å². The predicted octanol–water partition coefficient (Wildman–Crippen LogP) is 3.71. The monoisotopic (exact) mass is 393 g/mol. The van der Waals surface area contributed by atoms with Crippen LogP contribution in [-0.2, 0) is 6.42 Å². The molecule has 2 aromatic carbocycles. The third-order valence-corrected chi connectivity index (χ3v) is 4.44. The van der Waals surface area contributed by atoms with Gasteiger partial charge in [-0.2, -0.15) is 0 Å². The summed E-state index contributed by atoms with van der Waals surface area (Å²) in [7, 11) is 0. The average Bonchev–Trinajstić information content (AvgIpc) is 2.75. The van der Waals surface area contributed by atoms with Gasteiger partial charge in [0.1, 0.15) is 24.7 Å². The van der Waals surface area contributed by atoms with Crippen LogP contribution in [-0.4, -0.2) is 30.6 Å². The van der Waals surface area contributed by atoms with Crippen molar-refractivity contribution in [1.82, 2.24) is 10.3 Å². The van der Waals surface area contributed by atoms with E-state index in [1.807, 2.05) is 18.2 Å².